The van der Waals surface area contributed by atoms with E-state index >= 15 is 0 Å². The van der Waals surface area contributed by atoms with Gasteiger partial charge in [-0.2, -0.15) is 0 Å². The first-order valence-electron chi connectivity index (χ1n) is 7.57. The van der Waals surface area contributed by atoms with E-state index in [0.717, 1.165) is 16.3 Å². The summed E-state index contributed by atoms with van der Waals surface area (Å²) >= 11 is 1.63. The van der Waals surface area contributed by atoms with Crippen LogP contribution in [0.2, 0.25) is 0 Å². The highest BCUT2D eigenvalue weighted by Gasteiger charge is 2.19. The molecule has 122 valence electrons. The van der Waals surface area contributed by atoms with Crippen LogP contribution in [0.4, 0.5) is 0 Å². The minimum absolute atomic E-state index is 0.104. The maximum atomic E-state index is 12.5. The van der Waals surface area contributed by atoms with Crippen LogP contribution >= 0.6 is 11.3 Å². The molecule has 1 atom stereocenters. The van der Waals surface area contributed by atoms with Crippen molar-refractivity contribution in [2.75, 3.05) is 0 Å². The van der Waals surface area contributed by atoms with Crippen molar-refractivity contribution in [3.05, 3.63) is 86.2 Å². The fourth-order valence-electron chi connectivity index (χ4n) is 2.43. The normalized spacial score (nSPS) is 11.9. The van der Waals surface area contributed by atoms with E-state index in [1.54, 1.807) is 36.6 Å². The Morgan fingerprint density at radius 3 is 2.79 bits per heavy atom. The van der Waals surface area contributed by atoms with E-state index in [9.17, 15) is 9.59 Å². The molecule has 24 heavy (non-hydrogen) atoms. The Hall–Kier alpha value is -2.73. The molecule has 3 aromatic rings. The van der Waals surface area contributed by atoms with Crippen LogP contribution in [0.1, 0.15) is 32.7 Å². The molecular weight excluding hydrogens is 322 g/mol. The minimum Gasteiger partial charge on any atom is -0.343 e. The van der Waals surface area contributed by atoms with Gasteiger partial charge in [0.05, 0.1) is 11.7 Å². The number of aryl methyl sites for hydroxylation is 1. The number of aromatic amines is 1. The lowest BCUT2D eigenvalue weighted by molar-refractivity contribution is 0.0934. The van der Waals surface area contributed by atoms with Crippen molar-refractivity contribution in [3.8, 4) is 0 Å². The highest BCUT2D eigenvalue weighted by atomic mass is 32.1. The summed E-state index contributed by atoms with van der Waals surface area (Å²) < 4.78 is 0. The first kappa shape index (κ1) is 16.1. The van der Waals surface area contributed by atoms with Crippen LogP contribution in [0.25, 0.3) is 0 Å². The van der Waals surface area contributed by atoms with Crippen molar-refractivity contribution >= 4 is 17.2 Å². The molecule has 5 nitrogen and oxygen atoms in total. The van der Waals surface area contributed by atoms with Gasteiger partial charge in [0.15, 0.2) is 0 Å². The number of aromatic nitrogens is 2. The fourth-order valence-corrected chi connectivity index (χ4v) is 3.18. The first-order chi connectivity index (χ1) is 11.6. The highest BCUT2D eigenvalue weighted by molar-refractivity contribution is 7.09. The van der Waals surface area contributed by atoms with Crippen LogP contribution in [-0.2, 0) is 6.42 Å². The third kappa shape index (κ3) is 3.78. The molecule has 0 aromatic carbocycles. The number of hydrogen-bond donors (Lipinski definition) is 2. The van der Waals surface area contributed by atoms with Crippen LogP contribution in [-0.4, -0.2) is 15.9 Å². The zero-order valence-corrected chi connectivity index (χ0v) is 14.0. The lowest BCUT2D eigenvalue weighted by Gasteiger charge is -2.17. The van der Waals surface area contributed by atoms with Crippen molar-refractivity contribution in [2.45, 2.75) is 19.4 Å². The molecule has 3 aromatic heterocycles. The SMILES string of the molecule is Cc1ccc(C(=O)NC(Cc2cccs2)c2ccccn2)c(=O)[nH]1. The van der Waals surface area contributed by atoms with Gasteiger partial charge < -0.3 is 10.3 Å². The number of amides is 1. The summed E-state index contributed by atoms with van der Waals surface area (Å²) in [4.78, 5) is 32.7. The zero-order chi connectivity index (χ0) is 16.9. The number of carbonyl (C=O) groups excluding carboxylic acids is 1. The molecule has 0 bridgehead atoms. The molecule has 0 saturated carbocycles. The zero-order valence-electron chi connectivity index (χ0n) is 13.2. The van der Waals surface area contributed by atoms with Gasteiger partial charge in [0.1, 0.15) is 5.56 Å². The molecule has 3 heterocycles. The second-order valence-electron chi connectivity index (χ2n) is 5.45. The molecule has 0 fully saturated rings. The van der Waals surface area contributed by atoms with E-state index in [0.29, 0.717) is 6.42 Å². The lowest BCUT2D eigenvalue weighted by Crippen LogP contribution is -2.34. The quantitative estimate of drug-likeness (QED) is 0.750. The number of pyridine rings is 2. The Balaban J connectivity index is 1.86. The average molecular weight is 339 g/mol. The number of carbonyl (C=O) groups is 1. The topological polar surface area (TPSA) is 74.8 Å². The molecule has 1 amide bonds. The fraction of sp³-hybridized carbons (Fsp3) is 0.167. The van der Waals surface area contributed by atoms with Crippen LogP contribution in [0.3, 0.4) is 0 Å². The van der Waals surface area contributed by atoms with Gasteiger partial charge in [-0.1, -0.05) is 12.1 Å². The number of thiophene rings is 1. The molecule has 0 saturated heterocycles. The second kappa shape index (κ2) is 7.23. The summed E-state index contributed by atoms with van der Waals surface area (Å²) in [5, 5.41) is 4.93. The van der Waals surface area contributed by atoms with Gasteiger partial charge in [0.25, 0.3) is 11.5 Å². The largest absolute Gasteiger partial charge is 0.343 e. The van der Waals surface area contributed by atoms with Gasteiger partial charge in [0.2, 0.25) is 0 Å². The van der Waals surface area contributed by atoms with Gasteiger partial charge >= 0.3 is 0 Å². The van der Waals surface area contributed by atoms with Crippen molar-refractivity contribution in [3.63, 3.8) is 0 Å². The number of H-pyrrole nitrogens is 1. The molecule has 1 unspecified atom stereocenters. The van der Waals surface area contributed by atoms with Gasteiger partial charge in [-0.05, 0) is 42.6 Å². The van der Waals surface area contributed by atoms with Gasteiger partial charge in [-0.15, -0.1) is 11.3 Å². The summed E-state index contributed by atoms with van der Waals surface area (Å²) in [7, 11) is 0. The lowest BCUT2D eigenvalue weighted by atomic mass is 10.1. The monoisotopic (exact) mass is 339 g/mol. The van der Waals surface area contributed by atoms with Crippen LogP contribution in [0.5, 0.6) is 0 Å². The van der Waals surface area contributed by atoms with Crippen molar-refractivity contribution < 1.29 is 4.79 Å². The highest BCUT2D eigenvalue weighted by Crippen LogP contribution is 2.20. The Labute approximate surface area is 143 Å². The van der Waals surface area contributed by atoms with E-state index in [2.05, 4.69) is 15.3 Å². The third-order valence-electron chi connectivity index (χ3n) is 3.64. The molecule has 6 heteroatoms. The minimum atomic E-state index is -0.400. The second-order valence-corrected chi connectivity index (χ2v) is 6.48. The Kier molecular flexibility index (Phi) is 4.86. The Morgan fingerprint density at radius 1 is 1.25 bits per heavy atom. The number of rotatable bonds is 5. The smallest absolute Gasteiger partial charge is 0.260 e. The maximum absolute atomic E-state index is 12.5. The molecule has 3 rings (SSSR count). The number of hydrogen-bond acceptors (Lipinski definition) is 4. The van der Waals surface area contributed by atoms with E-state index < -0.39 is 5.91 Å². The summed E-state index contributed by atoms with van der Waals surface area (Å²) in [6.45, 7) is 1.77. The van der Waals surface area contributed by atoms with Crippen molar-refractivity contribution in [1.29, 1.82) is 0 Å². The van der Waals surface area contributed by atoms with Crippen LogP contribution < -0.4 is 10.9 Å². The average Bonchev–Trinajstić information content (AvgIpc) is 3.08. The van der Waals surface area contributed by atoms with Gasteiger partial charge in [-0.25, -0.2) is 0 Å². The van der Waals surface area contributed by atoms with E-state index in [4.69, 9.17) is 0 Å². The van der Waals surface area contributed by atoms with E-state index in [1.807, 2.05) is 35.7 Å². The van der Waals surface area contributed by atoms with Crippen LogP contribution in [0, 0.1) is 6.92 Å². The predicted octanol–water partition coefficient (Wildman–Crippen LogP) is 2.85. The molecule has 0 aliphatic carbocycles. The van der Waals surface area contributed by atoms with Gasteiger partial charge in [-0.3, -0.25) is 14.6 Å². The summed E-state index contributed by atoms with van der Waals surface area (Å²) in [6.07, 6.45) is 2.33. The number of nitrogens with zero attached hydrogens (tertiary/aromatic N) is 1. The van der Waals surface area contributed by atoms with Crippen molar-refractivity contribution in [1.82, 2.24) is 15.3 Å². The molecule has 0 aliphatic rings. The summed E-state index contributed by atoms with van der Waals surface area (Å²) in [5.74, 6) is -0.400. The third-order valence-corrected chi connectivity index (χ3v) is 4.53. The molecular formula is C18H17N3O2S. The number of nitrogens with one attached hydrogen (secondary N) is 2. The summed E-state index contributed by atoms with van der Waals surface area (Å²) in [6, 6.07) is 12.5. The predicted molar refractivity (Wildman–Crippen MR) is 94.3 cm³/mol. The molecule has 0 radical (unpaired) electrons. The maximum Gasteiger partial charge on any atom is 0.260 e. The van der Waals surface area contributed by atoms with Crippen molar-refractivity contribution in [2.24, 2.45) is 0 Å². The Morgan fingerprint density at radius 2 is 2.12 bits per heavy atom. The van der Waals surface area contributed by atoms with Gasteiger partial charge in [0, 0.05) is 23.2 Å². The standard InChI is InChI=1S/C18H17N3O2S/c1-12-7-8-14(17(22)20-12)18(23)21-16(11-13-5-4-10-24-13)15-6-2-3-9-19-15/h2-10,16H,11H2,1H3,(H,20,22)(H,21,23). The summed E-state index contributed by atoms with van der Waals surface area (Å²) in [5.41, 5.74) is 1.20. The van der Waals surface area contributed by atoms with Crippen LogP contribution in [0.15, 0.2) is 58.8 Å². The molecule has 0 aliphatic heterocycles. The molecule has 2 N–H and O–H groups in total. The van der Waals surface area contributed by atoms with E-state index in [1.165, 1.54) is 0 Å². The first-order valence-corrected chi connectivity index (χ1v) is 8.45. The van der Waals surface area contributed by atoms with E-state index in [-0.39, 0.29) is 17.2 Å². The molecule has 0 spiro atoms. The Bertz CT molecular complexity index is 873.